The summed E-state index contributed by atoms with van der Waals surface area (Å²) in [5.74, 6) is 0.747. The normalized spacial score (nSPS) is 11.5. The predicted octanol–water partition coefficient (Wildman–Crippen LogP) is 4.18. The van der Waals surface area contributed by atoms with E-state index in [0.29, 0.717) is 19.5 Å². The summed E-state index contributed by atoms with van der Waals surface area (Å²) in [5, 5.41) is 4.70. The third-order valence-electron chi connectivity index (χ3n) is 2.81. The molecule has 2 aromatic rings. The zero-order valence-electron chi connectivity index (χ0n) is 13.6. The lowest BCUT2D eigenvalue weighted by Gasteiger charge is -2.26. The lowest BCUT2D eigenvalue weighted by atomic mass is 10.2. The summed E-state index contributed by atoms with van der Waals surface area (Å²) in [5.41, 5.74) is 0.286. The number of carbonyl (C=O) groups excluding carboxylic acids is 1. The Kier molecular flexibility index (Phi) is 5.80. The van der Waals surface area contributed by atoms with Gasteiger partial charge in [-0.3, -0.25) is 0 Å². The molecule has 0 spiro atoms. The van der Waals surface area contributed by atoms with Crippen LogP contribution in [-0.2, 0) is 17.7 Å². The average molecular weight is 402 g/mol. The zero-order valence-corrected chi connectivity index (χ0v) is 16.0. The lowest BCUT2D eigenvalue weighted by Crippen LogP contribution is -2.37. The van der Waals surface area contributed by atoms with Crippen LogP contribution in [-0.4, -0.2) is 33.3 Å². The summed E-state index contributed by atoms with van der Waals surface area (Å²) in [7, 11) is 0. The molecule has 0 aliphatic rings. The number of ether oxygens (including phenoxy) is 1. The average Bonchev–Trinajstić information content (AvgIpc) is 3.01. The number of thiazole rings is 1. The minimum Gasteiger partial charge on any atom is -0.444 e. The van der Waals surface area contributed by atoms with Crippen LogP contribution in [0.15, 0.2) is 20.6 Å². The van der Waals surface area contributed by atoms with Gasteiger partial charge in [0, 0.05) is 19.0 Å². The molecule has 0 aliphatic heterocycles. The summed E-state index contributed by atoms with van der Waals surface area (Å²) in [4.78, 5) is 18.3. The second-order valence-corrected chi connectivity index (χ2v) is 8.64. The second kappa shape index (κ2) is 7.44. The van der Waals surface area contributed by atoms with E-state index in [0.717, 1.165) is 20.2 Å². The van der Waals surface area contributed by atoms with Gasteiger partial charge in [0.1, 0.15) is 16.4 Å². The van der Waals surface area contributed by atoms with Crippen LogP contribution in [0, 0.1) is 6.92 Å². The molecule has 0 atom stereocenters. The second-order valence-electron chi connectivity index (χ2n) is 6.14. The van der Waals surface area contributed by atoms with E-state index in [1.807, 2.05) is 33.8 Å². The first-order valence-corrected chi connectivity index (χ1v) is 8.84. The van der Waals surface area contributed by atoms with Crippen molar-refractivity contribution < 1.29 is 14.1 Å². The molecular weight excluding hydrogens is 382 g/mol. The quantitative estimate of drug-likeness (QED) is 0.751. The van der Waals surface area contributed by atoms with Crippen LogP contribution in [0.3, 0.4) is 0 Å². The molecule has 0 unspecified atom stereocenters. The molecule has 0 aromatic carbocycles. The number of hydrogen-bond donors (Lipinski definition) is 0. The maximum atomic E-state index is 12.4. The Balaban J connectivity index is 2.05. The molecule has 2 rings (SSSR count). The first kappa shape index (κ1) is 17.9. The Morgan fingerprint density at radius 3 is 2.74 bits per heavy atom. The monoisotopic (exact) mass is 401 g/mol. The van der Waals surface area contributed by atoms with Crippen molar-refractivity contribution in [3.05, 3.63) is 32.5 Å². The first-order chi connectivity index (χ1) is 10.7. The Morgan fingerprint density at radius 1 is 1.48 bits per heavy atom. The highest BCUT2D eigenvalue weighted by Gasteiger charge is 2.23. The van der Waals surface area contributed by atoms with Crippen LogP contribution in [0.2, 0.25) is 0 Å². The van der Waals surface area contributed by atoms with Crippen molar-refractivity contribution in [1.82, 2.24) is 15.0 Å². The van der Waals surface area contributed by atoms with Crippen molar-refractivity contribution in [3.63, 3.8) is 0 Å². The number of halogens is 1. The molecule has 0 N–H and O–H groups in total. The molecule has 0 aliphatic carbocycles. The lowest BCUT2D eigenvalue weighted by molar-refractivity contribution is 0.0233. The van der Waals surface area contributed by atoms with Crippen molar-refractivity contribution in [2.24, 2.45) is 0 Å². The van der Waals surface area contributed by atoms with Crippen molar-refractivity contribution in [2.45, 2.75) is 46.3 Å². The SMILES string of the molecule is Cc1cc(CCN(Cc2ncc(Br)s2)C(=O)OC(C)(C)C)on1. The largest absolute Gasteiger partial charge is 0.444 e. The number of aromatic nitrogens is 2. The number of rotatable bonds is 5. The van der Waals surface area contributed by atoms with E-state index in [1.54, 1.807) is 11.1 Å². The van der Waals surface area contributed by atoms with Crippen LogP contribution < -0.4 is 0 Å². The van der Waals surface area contributed by atoms with Crippen LogP contribution in [0.5, 0.6) is 0 Å². The van der Waals surface area contributed by atoms with Gasteiger partial charge in [-0.1, -0.05) is 5.16 Å². The summed E-state index contributed by atoms with van der Waals surface area (Å²) in [6.45, 7) is 8.29. The molecule has 0 radical (unpaired) electrons. The predicted molar refractivity (Wildman–Crippen MR) is 91.4 cm³/mol. The maximum Gasteiger partial charge on any atom is 0.410 e. The Morgan fingerprint density at radius 2 is 2.22 bits per heavy atom. The molecule has 2 heterocycles. The van der Waals surface area contributed by atoms with E-state index < -0.39 is 5.60 Å². The topological polar surface area (TPSA) is 68.5 Å². The highest BCUT2D eigenvalue weighted by atomic mass is 79.9. The number of aryl methyl sites for hydroxylation is 1. The summed E-state index contributed by atoms with van der Waals surface area (Å²) in [6, 6.07) is 1.87. The van der Waals surface area contributed by atoms with Gasteiger partial charge in [-0.05, 0) is 43.6 Å². The van der Waals surface area contributed by atoms with Gasteiger partial charge < -0.3 is 14.2 Å². The molecule has 2 aromatic heterocycles. The van der Waals surface area contributed by atoms with Crippen molar-refractivity contribution >= 4 is 33.4 Å². The van der Waals surface area contributed by atoms with Gasteiger partial charge in [0.25, 0.3) is 0 Å². The molecule has 126 valence electrons. The fourth-order valence-electron chi connectivity index (χ4n) is 1.87. The van der Waals surface area contributed by atoms with Crippen molar-refractivity contribution in [2.75, 3.05) is 6.54 Å². The fourth-order valence-corrected chi connectivity index (χ4v) is 3.18. The molecule has 0 bridgehead atoms. The summed E-state index contributed by atoms with van der Waals surface area (Å²) in [6.07, 6.45) is 1.94. The molecule has 8 heteroatoms. The van der Waals surface area contributed by atoms with Gasteiger partial charge in [-0.15, -0.1) is 11.3 Å². The van der Waals surface area contributed by atoms with Gasteiger partial charge in [0.15, 0.2) is 0 Å². The van der Waals surface area contributed by atoms with Gasteiger partial charge in [0.2, 0.25) is 0 Å². The fraction of sp³-hybridized carbons (Fsp3) is 0.533. The van der Waals surface area contributed by atoms with Gasteiger partial charge in [-0.2, -0.15) is 0 Å². The van der Waals surface area contributed by atoms with Gasteiger partial charge >= 0.3 is 6.09 Å². The first-order valence-electron chi connectivity index (χ1n) is 7.23. The third-order valence-corrected chi connectivity index (χ3v) is 4.27. The molecule has 23 heavy (non-hydrogen) atoms. The number of amides is 1. The van der Waals surface area contributed by atoms with Crippen LogP contribution >= 0.6 is 27.3 Å². The molecule has 1 amide bonds. The summed E-state index contributed by atoms with van der Waals surface area (Å²) >= 11 is 4.88. The Bertz CT molecular complexity index is 663. The van der Waals surface area contributed by atoms with Crippen LogP contribution in [0.4, 0.5) is 4.79 Å². The number of carbonyl (C=O) groups is 1. The highest BCUT2D eigenvalue weighted by molar-refractivity contribution is 9.11. The third kappa shape index (κ3) is 5.95. The summed E-state index contributed by atoms with van der Waals surface area (Å²) < 4.78 is 11.6. The van der Waals surface area contributed by atoms with E-state index in [9.17, 15) is 4.79 Å². The minimum absolute atomic E-state index is 0.361. The molecule has 0 saturated heterocycles. The smallest absolute Gasteiger partial charge is 0.410 e. The van der Waals surface area contributed by atoms with E-state index in [2.05, 4.69) is 26.1 Å². The van der Waals surface area contributed by atoms with Crippen molar-refractivity contribution in [1.29, 1.82) is 0 Å². The van der Waals surface area contributed by atoms with Crippen LogP contribution in [0.1, 0.15) is 37.2 Å². The maximum absolute atomic E-state index is 12.4. The number of hydrogen-bond acceptors (Lipinski definition) is 6. The standard InChI is InChI=1S/C15H20BrN3O3S/c1-10-7-11(22-18-10)5-6-19(14(20)21-15(2,3)4)9-13-17-8-12(16)23-13/h7-8H,5-6,9H2,1-4H3. The van der Waals surface area contributed by atoms with Crippen LogP contribution in [0.25, 0.3) is 0 Å². The number of nitrogens with zero attached hydrogens (tertiary/aromatic N) is 3. The molecular formula is C15H20BrN3O3S. The zero-order chi connectivity index (χ0) is 17.0. The minimum atomic E-state index is -0.540. The highest BCUT2D eigenvalue weighted by Crippen LogP contribution is 2.21. The van der Waals surface area contributed by atoms with Gasteiger partial charge in [-0.25, -0.2) is 9.78 Å². The Labute approximate surface area is 148 Å². The van der Waals surface area contributed by atoms with Crippen molar-refractivity contribution in [3.8, 4) is 0 Å². The molecule has 0 saturated carbocycles. The Hall–Kier alpha value is -1.41. The molecule has 0 fully saturated rings. The van der Waals surface area contributed by atoms with E-state index in [1.165, 1.54) is 11.3 Å². The molecule has 6 nitrogen and oxygen atoms in total. The van der Waals surface area contributed by atoms with E-state index in [-0.39, 0.29) is 6.09 Å². The van der Waals surface area contributed by atoms with E-state index in [4.69, 9.17) is 9.26 Å². The van der Waals surface area contributed by atoms with Gasteiger partial charge in [0.05, 0.1) is 22.2 Å². The van der Waals surface area contributed by atoms with E-state index >= 15 is 0 Å².